The maximum Gasteiger partial charge on any atom is 0.435 e. The van der Waals surface area contributed by atoms with E-state index in [0.29, 0.717) is 11.1 Å². The third kappa shape index (κ3) is 3.87. The van der Waals surface area contributed by atoms with Crippen LogP contribution in [0.5, 0.6) is 0 Å². The fourth-order valence-electron chi connectivity index (χ4n) is 2.63. The zero-order valence-corrected chi connectivity index (χ0v) is 14.6. The van der Waals surface area contributed by atoms with Gasteiger partial charge in [-0.2, -0.15) is 18.3 Å². The number of nitrogens with zero attached hydrogens (tertiary/aromatic N) is 2. The summed E-state index contributed by atoms with van der Waals surface area (Å²) in [5, 5.41) is 8.72. The van der Waals surface area contributed by atoms with E-state index in [2.05, 4.69) is 5.10 Å². The Morgan fingerprint density at radius 2 is 1.67 bits per heavy atom. The Balaban J connectivity index is 2.21. The van der Waals surface area contributed by atoms with E-state index in [1.165, 1.54) is 24.3 Å². The minimum absolute atomic E-state index is 0.132. The summed E-state index contributed by atoms with van der Waals surface area (Å²) in [5.41, 5.74) is 6.22. The first-order valence-electron chi connectivity index (χ1n) is 7.70. The molecule has 10 heteroatoms. The minimum atomic E-state index is -4.64. The molecule has 2 aromatic carbocycles. The van der Waals surface area contributed by atoms with Crippen LogP contribution in [0.3, 0.4) is 0 Å². The molecular weight excluding hydrogens is 381 g/mol. The zero-order chi connectivity index (χ0) is 19.8. The summed E-state index contributed by atoms with van der Waals surface area (Å²) in [6.07, 6.45) is -4.64. The standard InChI is InChI=1S/C17H15F3N4O2S/c18-17(19,20)16-9-15(14-4-2-1-3-11(14)10-21)24(23-16)12-5-7-13(8-6-12)27(22,25)26/h1-9H,10,21H2,(H2,22,25,26). The van der Waals surface area contributed by atoms with Gasteiger partial charge < -0.3 is 5.73 Å². The van der Waals surface area contributed by atoms with Crippen LogP contribution in [-0.4, -0.2) is 18.2 Å². The molecule has 6 nitrogen and oxygen atoms in total. The summed E-state index contributed by atoms with van der Waals surface area (Å²) in [6.45, 7) is 0.132. The van der Waals surface area contributed by atoms with Crippen molar-refractivity contribution in [3.8, 4) is 16.9 Å². The SMILES string of the molecule is NCc1ccccc1-c1cc(C(F)(F)F)nn1-c1ccc(S(N)(=O)=O)cc1. The number of aromatic nitrogens is 2. The fourth-order valence-corrected chi connectivity index (χ4v) is 3.15. The second-order valence-electron chi connectivity index (χ2n) is 5.72. The number of halogens is 3. The molecule has 0 aliphatic carbocycles. The molecule has 1 heterocycles. The lowest BCUT2D eigenvalue weighted by Gasteiger charge is -2.11. The Kier molecular flexibility index (Phi) is 4.81. The average molecular weight is 396 g/mol. The molecule has 0 amide bonds. The first kappa shape index (κ1) is 19.1. The van der Waals surface area contributed by atoms with Crippen LogP contribution in [0.25, 0.3) is 16.9 Å². The molecule has 1 aromatic heterocycles. The highest BCUT2D eigenvalue weighted by Crippen LogP contribution is 2.34. The fraction of sp³-hybridized carbons (Fsp3) is 0.118. The van der Waals surface area contributed by atoms with Gasteiger partial charge in [0.2, 0.25) is 10.0 Å². The summed E-state index contributed by atoms with van der Waals surface area (Å²) < 4.78 is 63.5. The summed E-state index contributed by atoms with van der Waals surface area (Å²) in [4.78, 5) is -0.154. The molecule has 0 aliphatic rings. The monoisotopic (exact) mass is 396 g/mol. The number of sulfonamides is 1. The van der Waals surface area contributed by atoms with Gasteiger partial charge in [0.05, 0.1) is 16.3 Å². The smallest absolute Gasteiger partial charge is 0.326 e. The van der Waals surface area contributed by atoms with Crippen LogP contribution in [0.4, 0.5) is 13.2 Å². The Morgan fingerprint density at radius 3 is 2.22 bits per heavy atom. The molecule has 0 aliphatic heterocycles. The van der Waals surface area contributed by atoms with E-state index in [1.807, 2.05) is 0 Å². The summed E-state index contributed by atoms with van der Waals surface area (Å²) in [5.74, 6) is 0. The molecule has 27 heavy (non-hydrogen) atoms. The first-order valence-corrected chi connectivity index (χ1v) is 9.25. The third-order valence-corrected chi connectivity index (χ3v) is 4.85. The number of hydrogen-bond acceptors (Lipinski definition) is 4. The lowest BCUT2D eigenvalue weighted by molar-refractivity contribution is -0.141. The predicted octanol–water partition coefficient (Wildman–Crippen LogP) is 2.66. The molecule has 142 valence electrons. The van der Waals surface area contributed by atoms with Crippen LogP contribution in [0.1, 0.15) is 11.3 Å². The van der Waals surface area contributed by atoms with Crippen molar-refractivity contribution in [1.82, 2.24) is 9.78 Å². The van der Waals surface area contributed by atoms with Gasteiger partial charge in [0, 0.05) is 12.1 Å². The van der Waals surface area contributed by atoms with Gasteiger partial charge in [0.25, 0.3) is 0 Å². The third-order valence-electron chi connectivity index (χ3n) is 3.92. The summed E-state index contributed by atoms with van der Waals surface area (Å²) >= 11 is 0. The van der Waals surface area contributed by atoms with Gasteiger partial charge in [-0.1, -0.05) is 24.3 Å². The van der Waals surface area contributed by atoms with E-state index in [0.717, 1.165) is 10.7 Å². The Labute approximate surface area is 153 Å². The molecule has 0 atom stereocenters. The van der Waals surface area contributed by atoms with E-state index in [1.54, 1.807) is 24.3 Å². The Hall–Kier alpha value is -2.69. The van der Waals surface area contributed by atoms with E-state index >= 15 is 0 Å². The van der Waals surface area contributed by atoms with E-state index < -0.39 is 21.9 Å². The predicted molar refractivity (Wildman–Crippen MR) is 93.3 cm³/mol. The Morgan fingerprint density at radius 1 is 1.04 bits per heavy atom. The van der Waals surface area contributed by atoms with Gasteiger partial charge in [0.1, 0.15) is 0 Å². The van der Waals surface area contributed by atoms with Crippen molar-refractivity contribution in [3.63, 3.8) is 0 Å². The van der Waals surface area contributed by atoms with Crippen molar-refractivity contribution < 1.29 is 21.6 Å². The molecule has 0 unspecified atom stereocenters. The van der Waals surface area contributed by atoms with E-state index in [4.69, 9.17) is 10.9 Å². The van der Waals surface area contributed by atoms with Crippen LogP contribution in [-0.2, 0) is 22.7 Å². The molecule has 0 spiro atoms. The quantitative estimate of drug-likeness (QED) is 0.707. The summed E-state index contributed by atoms with van der Waals surface area (Å²) in [7, 11) is -3.92. The molecule has 0 saturated carbocycles. The highest BCUT2D eigenvalue weighted by molar-refractivity contribution is 7.89. The molecule has 4 N–H and O–H groups in total. The normalized spacial score (nSPS) is 12.3. The molecular formula is C17H15F3N4O2S. The molecule has 3 aromatic rings. The number of primary sulfonamides is 1. The lowest BCUT2D eigenvalue weighted by Crippen LogP contribution is -2.12. The van der Waals surface area contributed by atoms with Crippen LogP contribution in [0, 0.1) is 0 Å². The molecule has 0 bridgehead atoms. The van der Waals surface area contributed by atoms with Crippen molar-refractivity contribution in [2.24, 2.45) is 10.9 Å². The number of rotatable bonds is 4. The van der Waals surface area contributed by atoms with Crippen molar-refractivity contribution in [3.05, 3.63) is 65.9 Å². The maximum atomic E-state index is 13.2. The van der Waals surface area contributed by atoms with Gasteiger partial charge in [-0.05, 0) is 35.9 Å². The highest BCUT2D eigenvalue weighted by atomic mass is 32.2. The van der Waals surface area contributed by atoms with Crippen LogP contribution >= 0.6 is 0 Å². The Bertz CT molecular complexity index is 1070. The van der Waals surface area contributed by atoms with E-state index in [-0.39, 0.29) is 22.8 Å². The number of benzene rings is 2. The van der Waals surface area contributed by atoms with Gasteiger partial charge in [0.15, 0.2) is 5.69 Å². The maximum absolute atomic E-state index is 13.2. The number of hydrogen-bond donors (Lipinski definition) is 2. The topological polar surface area (TPSA) is 104 Å². The second-order valence-corrected chi connectivity index (χ2v) is 7.29. The summed E-state index contributed by atoms with van der Waals surface area (Å²) in [6, 6.07) is 12.8. The van der Waals surface area contributed by atoms with Crippen LogP contribution in [0.15, 0.2) is 59.5 Å². The van der Waals surface area contributed by atoms with E-state index in [9.17, 15) is 21.6 Å². The number of alkyl halides is 3. The van der Waals surface area contributed by atoms with Gasteiger partial charge >= 0.3 is 6.18 Å². The van der Waals surface area contributed by atoms with Crippen LogP contribution in [0.2, 0.25) is 0 Å². The largest absolute Gasteiger partial charge is 0.435 e. The van der Waals surface area contributed by atoms with Crippen molar-refractivity contribution in [2.75, 3.05) is 0 Å². The first-order chi connectivity index (χ1) is 12.6. The van der Waals surface area contributed by atoms with Gasteiger partial charge in [-0.3, -0.25) is 0 Å². The van der Waals surface area contributed by atoms with Crippen molar-refractivity contribution in [2.45, 2.75) is 17.6 Å². The molecule has 3 rings (SSSR count). The van der Waals surface area contributed by atoms with Gasteiger partial charge in [-0.25, -0.2) is 18.2 Å². The second kappa shape index (κ2) is 6.80. The average Bonchev–Trinajstić information content (AvgIpc) is 3.06. The van der Waals surface area contributed by atoms with Crippen LogP contribution < -0.4 is 10.9 Å². The zero-order valence-electron chi connectivity index (χ0n) is 13.8. The van der Waals surface area contributed by atoms with Crippen molar-refractivity contribution in [1.29, 1.82) is 0 Å². The van der Waals surface area contributed by atoms with Gasteiger partial charge in [-0.15, -0.1) is 0 Å². The molecule has 0 radical (unpaired) electrons. The number of nitrogens with two attached hydrogens (primary N) is 2. The lowest BCUT2D eigenvalue weighted by atomic mass is 10.0. The highest BCUT2D eigenvalue weighted by Gasteiger charge is 2.35. The molecule has 0 fully saturated rings. The minimum Gasteiger partial charge on any atom is -0.326 e. The van der Waals surface area contributed by atoms with Crippen molar-refractivity contribution >= 4 is 10.0 Å². The molecule has 0 saturated heterocycles.